The Hall–Kier alpha value is -0.470. The average Bonchev–Trinajstić information content (AvgIpc) is 1.88. The molecule has 0 aromatic carbocycles. The molecule has 1 unspecified atom stereocenters. The van der Waals surface area contributed by atoms with Crippen molar-refractivity contribution in [1.82, 2.24) is 5.32 Å². The molecular formula is C7H11ClN2. The molecular weight excluding hydrogens is 148 g/mol. The van der Waals surface area contributed by atoms with Gasteiger partial charge in [-0.05, 0) is 12.2 Å². The molecule has 0 saturated heterocycles. The molecule has 0 bridgehead atoms. The average molecular weight is 159 g/mol. The summed E-state index contributed by atoms with van der Waals surface area (Å²) >= 11 is 5.81. The molecule has 0 heterocycles. The lowest BCUT2D eigenvalue weighted by atomic mass is 10.1. The van der Waals surface area contributed by atoms with E-state index in [1.165, 1.54) is 0 Å². The van der Waals surface area contributed by atoms with Crippen LogP contribution in [0.25, 0.3) is 0 Å². The van der Waals surface area contributed by atoms with Crippen LogP contribution in [0.4, 0.5) is 0 Å². The maximum atomic E-state index is 5.81. The minimum Gasteiger partial charge on any atom is -0.388 e. The summed E-state index contributed by atoms with van der Waals surface area (Å²) in [7, 11) is 1.87. The van der Waals surface area contributed by atoms with E-state index in [9.17, 15) is 0 Å². The van der Waals surface area contributed by atoms with Crippen LogP contribution in [0.2, 0.25) is 0 Å². The Labute approximate surface area is 65.7 Å². The van der Waals surface area contributed by atoms with Crippen LogP contribution < -0.4 is 11.1 Å². The first-order valence-electron chi connectivity index (χ1n) is 3.19. The predicted molar refractivity (Wildman–Crippen MR) is 43.7 cm³/mol. The lowest BCUT2D eigenvalue weighted by Crippen LogP contribution is -2.31. The molecule has 0 spiro atoms. The van der Waals surface area contributed by atoms with Gasteiger partial charge in [-0.15, -0.1) is 0 Å². The Morgan fingerprint density at radius 2 is 2.50 bits per heavy atom. The van der Waals surface area contributed by atoms with E-state index in [-0.39, 0.29) is 0 Å². The fourth-order valence-electron chi connectivity index (χ4n) is 0.816. The molecule has 0 aromatic heterocycles. The molecule has 56 valence electrons. The van der Waals surface area contributed by atoms with E-state index in [4.69, 9.17) is 17.3 Å². The van der Waals surface area contributed by atoms with Gasteiger partial charge in [0.15, 0.2) is 0 Å². The van der Waals surface area contributed by atoms with Crippen molar-refractivity contribution >= 4 is 11.6 Å². The van der Waals surface area contributed by atoms with Gasteiger partial charge in [0.1, 0.15) is 5.00 Å². The molecule has 1 aliphatic rings. The second-order valence-electron chi connectivity index (χ2n) is 2.37. The highest BCUT2D eigenvalue weighted by Crippen LogP contribution is 2.20. The summed E-state index contributed by atoms with van der Waals surface area (Å²) in [6, 6.07) is 0. The first-order valence-corrected chi connectivity index (χ1v) is 3.57. The molecule has 0 aromatic rings. The van der Waals surface area contributed by atoms with Gasteiger partial charge in [-0.2, -0.15) is 0 Å². The van der Waals surface area contributed by atoms with Crippen LogP contribution in [0, 0.1) is 0 Å². The summed E-state index contributed by atoms with van der Waals surface area (Å²) in [4.78, 5) is -0.666. The fraction of sp³-hybridized carbons (Fsp3) is 0.429. The fourth-order valence-corrected chi connectivity index (χ4v) is 0.956. The predicted octanol–water partition coefficient (Wildman–Crippen LogP) is 0.943. The van der Waals surface area contributed by atoms with Gasteiger partial charge >= 0.3 is 0 Å². The Bertz CT molecular complexity index is 182. The second kappa shape index (κ2) is 2.64. The summed E-state index contributed by atoms with van der Waals surface area (Å²) in [6.45, 7) is 0. The van der Waals surface area contributed by atoms with Crippen LogP contribution in [-0.4, -0.2) is 12.0 Å². The lowest BCUT2D eigenvalue weighted by Gasteiger charge is -2.19. The van der Waals surface area contributed by atoms with E-state index in [1.807, 2.05) is 19.2 Å². The topological polar surface area (TPSA) is 38.0 Å². The van der Waals surface area contributed by atoms with Crippen LogP contribution in [0.1, 0.15) is 6.42 Å². The third-order valence-corrected chi connectivity index (χ3v) is 1.74. The number of halogens is 1. The molecule has 1 rings (SSSR count). The summed E-state index contributed by atoms with van der Waals surface area (Å²) in [5.41, 5.74) is 6.67. The van der Waals surface area contributed by atoms with E-state index in [1.54, 1.807) is 6.08 Å². The summed E-state index contributed by atoms with van der Waals surface area (Å²) < 4.78 is 0. The van der Waals surface area contributed by atoms with Crippen molar-refractivity contribution in [3.63, 3.8) is 0 Å². The Morgan fingerprint density at radius 3 is 2.90 bits per heavy atom. The van der Waals surface area contributed by atoms with Gasteiger partial charge in [-0.25, -0.2) is 0 Å². The number of nitrogens with one attached hydrogen (secondary N) is 1. The quantitative estimate of drug-likeness (QED) is 0.441. The van der Waals surface area contributed by atoms with E-state index < -0.39 is 5.00 Å². The number of likely N-dealkylation sites (N-methyl/N-ethyl adjacent to an activating group) is 1. The van der Waals surface area contributed by atoms with Crippen molar-refractivity contribution in [2.75, 3.05) is 7.05 Å². The molecule has 10 heavy (non-hydrogen) atoms. The van der Waals surface area contributed by atoms with Crippen molar-refractivity contribution in [3.8, 4) is 0 Å². The molecule has 0 radical (unpaired) electrons. The van der Waals surface area contributed by atoms with Crippen LogP contribution in [0.5, 0.6) is 0 Å². The zero-order chi connectivity index (χ0) is 7.61. The highest BCUT2D eigenvalue weighted by Gasteiger charge is 2.18. The molecule has 0 saturated carbocycles. The van der Waals surface area contributed by atoms with Gasteiger partial charge in [-0.3, -0.25) is 0 Å². The van der Waals surface area contributed by atoms with Crippen LogP contribution in [0.15, 0.2) is 23.9 Å². The monoisotopic (exact) mass is 158 g/mol. The normalized spacial score (nSPS) is 31.7. The smallest absolute Gasteiger partial charge is 0.114 e. The SMILES string of the molecule is CNC1=CCC(N)(Cl)C=C1. The van der Waals surface area contributed by atoms with E-state index in [2.05, 4.69) is 5.32 Å². The molecule has 1 atom stereocenters. The minimum atomic E-state index is -0.666. The first kappa shape index (κ1) is 7.63. The Balaban J connectivity index is 2.63. The highest BCUT2D eigenvalue weighted by molar-refractivity contribution is 6.25. The number of allylic oxidation sites excluding steroid dienone is 1. The van der Waals surface area contributed by atoms with Gasteiger partial charge in [-0.1, -0.05) is 17.7 Å². The largest absolute Gasteiger partial charge is 0.388 e. The standard InChI is InChI=1S/C7H11ClN2/c1-10-6-2-4-7(8,9)5-3-6/h2-4,10H,5,9H2,1H3. The molecule has 0 amide bonds. The highest BCUT2D eigenvalue weighted by atomic mass is 35.5. The zero-order valence-electron chi connectivity index (χ0n) is 5.89. The van der Waals surface area contributed by atoms with Crippen LogP contribution in [-0.2, 0) is 0 Å². The molecule has 3 heteroatoms. The summed E-state index contributed by atoms with van der Waals surface area (Å²) in [6.07, 6.45) is 6.34. The minimum absolute atomic E-state index is 0.666. The number of nitrogens with two attached hydrogens (primary N) is 1. The number of alkyl halides is 1. The second-order valence-corrected chi connectivity index (χ2v) is 3.08. The number of hydrogen-bond acceptors (Lipinski definition) is 2. The number of hydrogen-bond donors (Lipinski definition) is 2. The molecule has 0 aliphatic heterocycles. The summed E-state index contributed by atoms with van der Waals surface area (Å²) in [5, 5.41) is 3.00. The van der Waals surface area contributed by atoms with Gasteiger partial charge < -0.3 is 11.1 Å². The molecule has 2 nitrogen and oxygen atoms in total. The van der Waals surface area contributed by atoms with Gasteiger partial charge in [0.2, 0.25) is 0 Å². The zero-order valence-corrected chi connectivity index (χ0v) is 6.65. The number of rotatable bonds is 1. The maximum absolute atomic E-state index is 5.81. The van der Waals surface area contributed by atoms with Crippen molar-refractivity contribution < 1.29 is 0 Å². The third kappa shape index (κ3) is 1.75. The third-order valence-electron chi connectivity index (χ3n) is 1.46. The van der Waals surface area contributed by atoms with Crippen molar-refractivity contribution in [1.29, 1.82) is 0 Å². The van der Waals surface area contributed by atoms with Gasteiger partial charge in [0.25, 0.3) is 0 Å². The Morgan fingerprint density at radius 1 is 1.80 bits per heavy atom. The summed E-state index contributed by atoms with van der Waals surface area (Å²) in [5.74, 6) is 0. The van der Waals surface area contributed by atoms with E-state index >= 15 is 0 Å². The van der Waals surface area contributed by atoms with Gasteiger partial charge in [0.05, 0.1) is 0 Å². The molecule has 3 N–H and O–H groups in total. The van der Waals surface area contributed by atoms with Crippen LogP contribution >= 0.6 is 11.6 Å². The van der Waals surface area contributed by atoms with E-state index in [0.717, 1.165) is 5.70 Å². The first-order chi connectivity index (χ1) is 4.64. The van der Waals surface area contributed by atoms with Crippen molar-refractivity contribution in [2.45, 2.75) is 11.4 Å². The van der Waals surface area contributed by atoms with Gasteiger partial charge in [0, 0.05) is 19.2 Å². The lowest BCUT2D eigenvalue weighted by molar-refractivity contribution is 0.728. The maximum Gasteiger partial charge on any atom is 0.114 e. The van der Waals surface area contributed by atoms with Crippen molar-refractivity contribution in [2.24, 2.45) is 5.73 Å². The van der Waals surface area contributed by atoms with E-state index in [0.29, 0.717) is 6.42 Å². The van der Waals surface area contributed by atoms with Crippen LogP contribution in [0.3, 0.4) is 0 Å². The molecule has 1 aliphatic carbocycles. The van der Waals surface area contributed by atoms with Crippen molar-refractivity contribution in [3.05, 3.63) is 23.9 Å². The molecule has 0 fully saturated rings. The Kier molecular flexibility index (Phi) is 2.02.